The van der Waals surface area contributed by atoms with Gasteiger partial charge in [0.25, 0.3) is 5.91 Å². The SMILES string of the molecule is CNC(=O)c1c(N)n[nH]c1-c1ccc(NC(=O)Nc2cccc(C)c2)cc1. The standard InChI is InChI=1S/C19H20N6O2/c1-11-4-3-5-14(10-11)23-19(27)22-13-8-6-12(7-9-13)16-15(18(26)21-2)17(20)25-24-16/h3-10H,1-2H3,(H,21,26)(H3,20,24,25)(H2,22,23,27). The van der Waals surface area contributed by atoms with E-state index in [0.717, 1.165) is 11.1 Å². The van der Waals surface area contributed by atoms with Gasteiger partial charge in [-0.05, 0) is 36.8 Å². The van der Waals surface area contributed by atoms with E-state index < -0.39 is 0 Å². The molecule has 138 valence electrons. The van der Waals surface area contributed by atoms with Crippen molar-refractivity contribution in [2.45, 2.75) is 6.92 Å². The molecular weight excluding hydrogens is 344 g/mol. The van der Waals surface area contributed by atoms with Gasteiger partial charge >= 0.3 is 6.03 Å². The average molecular weight is 364 g/mol. The van der Waals surface area contributed by atoms with Crippen molar-refractivity contribution in [2.24, 2.45) is 0 Å². The molecule has 2 aromatic carbocycles. The minimum atomic E-state index is -0.342. The number of urea groups is 1. The molecule has 0 radical (unpaired) electrons. The Kier molecular flexibility index (Phi) is 5.07. The van der Waals surface area contributed by atoms with Crippen molar-refractivity contribution in [3.63, 3.8) is 0 Å². The topological polar surface area (TPSA) is 125 Å². The van der Waals surface area contributed by atoms with Crippen LogP contribution >= 0.6 is 0 Å². The van der Waals surface area contributed by atoms with Gasteiger partial charge in [0.1, 0.15) is 5.56 Å². The van der Waals surface area contributed by atoms with Crippen molar-refractivity contribution >= 4 is 29.1 Å². The van der Waals surface area contributed by atoms with Gasteiger partial charge in [-0.2, -0.15) is 5.10 Å². The lowest BCUT2D eigenvalue weighted by molar-refractivity contribution is 0.0964. The summed E-state index contributed by atoms with van der Waals surface area (Å²) < 4.78 is 0. The van der Waals surface area contributed by atoms with Crippen LogP contribution in [0.3, 0.4) is 0 Å². The number of hydrogen-bond donors (Lipinski definition) is 5. The largest absolute Gasteiger partial charge is 0.382 e. The third-order valence-corrected chi connectivity index (χ3v) is 3.96. The normalized spacial score (nSPS) is 10.3. The number of H-pyrrole nitrogens is 1. The highest BCUT2D eigenvalue weighted by Crippen LogP contribution is 2.26. The first-order chi connectivity index (χ1) is 13.0. The fraction of sp³-hybridized carbons (Fsp3) is 0.105. The highest BCUT2D eigenvalue weighted by Gasteiger charge is 2.18. The number of nitrogens with one attached hydrogen (secondary N) is 4. The number of hydrogen-bond acceptors (Lipinski definition) is 4. The van der Waals surface area contributed by atoms with Crippen LogP contribution in [0, 0.1) is 6.92 Å². The van der Waals surface area contributed by atoms with Gasteiger partial charge in [0.15, 0.2) is 5.82 Å². The molecule has 0 atom stereocenters. The van der Waals surface area contributed by atoms with Crippen LogP contribution in [0.4, 0.5) is 22.0 Å². The Bertz CT molecular complexity index is 978. The lowest BCUT2D eigenvalue weighted by Crippen LogP contribution is -2.19. The highest BCUT2D eigenvalue weighted by atomic mass is 16.2. The predicted octanol–water partition coefficient (Wildman–Crippen LogP) is 2.97. The first kappa shape index (κ1) is 18.0. The summed E-state index contributed by atoms with van der Waals surface area (Å²) in [7, 11) is 1.53. The molecule has 3 amide bonds. The minimum absolute atomic E-state index is 0.129. The quantitative estimate of drug-likeness (QED) is 0.488. The number of rotatable bonds is 4. The van der Waals surface area contributed by atoms with Gasteiger partial charge in [0, 0.05) is 24.0 Å². The third-order valence-electron chi connectivity index (χ3n) is 3.96. The van der Waals surface area contributed by atoms with Gasteiger partial charge in [-0.3, -0.25) is 9.89 Å². The maximum atomic E-state index is 12.1. The number of anilines is 3. The Morgan fingerprint density at radius 1 is 1.04 bits per heavy atom. The summed E-state index contributed by atoms with van der Waals surface area (Å²) >= 11 is 0. The summed E-state index contributed by atoms with van der Waals surface area (Å²) in [6.07, 6.45) is 0. The Balaban J connectivity index is 1.73. The van der Waals surface area contributed by atoms with E-state index in [4.69, 9.17) is 5.73 Å². The molecule has 3 rings (SSSR count). The summed E-state index contributed by atoms with van der Waals surface area (Å²) in [6.45, 7) is 1.96. The summed E-state index contributed by atoms with van der Waals surface area (Å²) in [5.74, 6) is -0.194. The van der Waals surface area contributed by atoms with Gasteiger partial charge in [-0.25, -0.2) is 4.79 Å². The van der Waals surface area contributed by atoms with Gasteiger partial charge in [-0.15, -0.1) is 0 Å². The molecule has 3 aromatic rings. The van der Waals surface area contributed by atoms with Crippen LogP contribution in [-0.2, 0) is 0 Å². The first-order valence-corrected chi connectivity index (χ1v) is 8.29. The molecule has 0 saturated heterocycles. The van der Waals surface area contributed by atoms with Crippen LogP contribution in [-0.4, -0.2) is 29.2 Å². The number of aromatic amines is 1. The summed E-state index contributed by atoms with van der Waals surface area (Å²) in [6, 6.07) is 14.2. The molecule has 0 unspecified atom stereocenters. The third kappa shape index (κ3) is 4.06. The van der Waals surface area contributed by atoms with Crippen molar-refractivity contribution < 1.29 is 9.59 Å². The van der Waals surface area contributed by atoms with Crippen LogP contribution in [0.15, 0.2) is 48.5 Å². The molecule has 8 nitrogen and oxygen atoms in total. The van der Waals surface area contributed by atoms with Crippen molar-refractivity contribution in [3.8, 4) is 11.3 Å². The molecule has 27 heavy (non-hydrogen) atoms. The zero-order valence-corrected chi connectivity index (χ0v) is 15.0. The van der Waals surface area contributed by atoms with Crippen molar-refractivity contribution in [1.29, 1.82) is 0 Å². The summed E-state index contributed by atoms with van der Waals surface area (Å²) in [5, 5.41) is 14.7. The zero-order chi connectivity index (χ0) is 19.4. The van der Waals surface area contributed by atoms with E-state index in [9.17, 15) is 9.59 Å². The number of nitrogens with two attached hydrogens (primary N) is 1. The Labute approximate surface area is 156 Å². The first-order valence-electron chi connectivity index (χ1n) is 8.29. The fourth-order valence-electron chi connectivity index (χ4n) is 2.66. The van der Waals surface area contributed by atoms with Crippen molar-refractivity contribution in [2.75, 3.05) is 23.4 Å². The molecule has 0 aliphatic rings. The molecular formula is C19H20N6O2. The van der Waals surface area contributed by atoms with E-state index >= 15 is 0 Å². The van der Waals surface area contributed by atoms with Crippen LogP contribution in [0.5, 0.6) is 0 Å². The molecule has 0 aliphatic heterocycles. The van der Waals surface area contributed by atoms with Gasteiger partial charge < -0.3 is 21.7 Å². The maximum absolute atomic E-state index is 12.1. The van der Waals surface area contributed by atoms with E-state index in [-0.39, 0.29) is 23.3 Å². The fourth-order valence-corrected chi connectivity index (χ4v) is 2.66. The Hall–Kier alpha value is -3.81. The molecule has 0 saturated carbocycles. The summed E-state index contributed by atoms with van der Waals surface area (Å²) in [5.41, 5.74) is 9.68. The van der Waals surface area contributed by atoms with Crippen LogP contribution in [0.1, 0.15) is 15.9 Å². The van der Waals surface area contributed by atoms with Gasteiger partial charge in [0.05, 0.1) is 5.69 Å². The molecule has 0 bridgehead atoms. The number of aryl methyl sites for hydroxylation is 1. The second-order valence-corrected chi connectivity index (χ2v) is 5.96. The average Bonchev–Trinajstić information content (AvgIpc) is 3.03. The molecule has 0 aliphatic carbocycles. The molecule has 8 heteroatoms. The van der Waals surface area contributed by atoms with Gasteiger partial charge in [0.2, 0.25) is 0 Å². The number of amides is 3. The smallest absolute Gasteiger partial charge is 0.323 e. The molecule has 6 N–H and O–H groups in total. The van der Waals surface area contributed by atoms with Crippen molar-refractivity contribution in [1.82, 2.24) is 15.5 Å². The number of benzene rings is 2. The van der Waals surface area contributed by atoms with Crippen LogP contribution < -0.4 is 21.7 Å². The van der Waals surface area contributed by atoms with E-state index in [2.05, 4.69) is 26.1 Å². The van der Waals surface area contributed by atoms with E-state index in [1.165, 1.54) is 7.05 Å². The lowest BCUT2D eigenvalue weighted by Gasteiger charge is -2.09. The second kappa shape index (κ2) is 7.61. The summed E-state index contributed by atoms with van der Waals surface area (Å²) in [4.78, 5) is 24.1. The molecule has 1 heterocycles. The number of carbonyl (C=O) groups excluding carboxylic acids is 2. The predicted molar refractivity (Wildman–Crippen MR) is 106 cm³/mol. The van der Waals surface area contributed by atoms with Gasteiger partial charge in [-0.1, -0.05) is 24.3 Å². The monoisotopic (exact) mass is 364 g/mol. The maximum Gasteiger partial charge on any atom is 0.323 e. The molecule has 0 fully saturated rings. The number of aromatic nitrogens is 2. The number of carbonyl (C=O) groups is 2. The van der Waals surface area contributed by atoms with E-state index in [1.807, 2.05) is 31.2 Å². The number of nitrogens with zero attached hydrogens (tertiary/aromatic N) is 1. The zero-order valence-electron chi connectivity index (χ0n) is 15.0. The molecule has 1 aromatic heterocycles. The highest BCUT2D eigenvalue weighted by molar-refractivity contribution is 6.04. The van der Waals surface area contributed by atoms with E-state index in [0.29, 0.717) is 17.1 Å². The Morgan fingerprint density at radius 2 is 1.74 bits per heavy atom. The van der Waals surface area contributed by atoms with Crippen LogP contribution in [0.25, 0.3) is 11.3 Å². The van der Waals surface area contributed by atoms with Crippen molar-refractivity contribution in [3.05, 3.63) is 59.7 Å². The minimum Gasteiger partial charge on any atom is -0.382 e. The second-order valence-electron chi connectivity index (χ2n) is 5.96. The lowest BCUT2D eigenvalue weighted by atomic mass is 10.1. The van der Waals surface area contributed by atoms with E-state index in [1.54, 1.807) is 24.3 Å². The number of nitrogen functional groups attached to an aromatic ring is 1. The Morgan fingerprint density at radius 3 is 2.41 bits per heavy atom. The van der Waals surface area contributed by atoms with Crippen LogP contribution in [0.2, 0.25) is 0 Å². The molecule has 0 spiro atoms.